The molecule has 0 radical (unpaired) electrons. The van der Waals surface area contributed by atoms with Crippen molar-refractivity contribution < 1.29 is 19.0 Å². The van der Waals surface area contributed by atoms with Crippen molar-refractivity contribution in [1.82, 2.24) is 19.5 Å². The van der Waals surface area contributed by atoms with E-state index in [4.69, 9.17) is 25.7 Å². The van der Waals surface area contributed by atoms with E-state index in [0.29, 0.717) is 35.9 Å². The summed E-state index contributed by atoms with van der Waals surface area (Å²) in [5.74, 6) is -0.257. The third-order valence-electron chi connectivity index (χ3n) is 7.38. The monoisotopic (exact) mass is 543 g/mol. The molecule has 0 saturated carbocycles. The summed E-state index contributed by atoms with van der Waals surface area (Å²) < 4.78 is 19.9. The van der Waals surface area contributed by atoms with Gasteiger partial charge in [0.25, 0.3) is 0 Å². The number of hydrogen-bond acceptors (Lipinski definition) is 9. The number of hydrogen-bond donors (Lipinski definition) is 3. The van der Waals surface area contributed by atoms with Gasteiger partial charge in [0.05, 0.1) is 19.4 Å². The zero-order chi connectivity index (χ0) is 27.9. The number of nitrogens with one attached hydrogen (secondary N) is 1. The highest BCUT2D eigenvalue weighted by atomic mass is 16.8. The Morgan fingerprint density at radius 2 is 1.68 bits per heavy atom. The number of benzene rings is 2. The lowest BCUT2D eigenvalue weighted by molar-refractivity contribution is -0.189. The molecular formula is C29H33N7O4. The molecule has 11 heteroatoms. The van der Waals surface area contributed by atoms with Crippen LogP contribution in [-0.2, 0) is 32.1 Å². The van der Waals surface area contributed by atoms with Gasteiger partial charge in [-0.1, -0.05) is 60.7 Å². The van der Waals surface area contributed by atoms with Crippen LogP contribution in [0.25, 0.3) is 11.2 Å². The first-order chi connectivity index (χ1) is 19.3. The molecule has 2 aromatic heterocycles. The number of nitrogens with two attached hydrogens (primary N) is 2. The molecule has 2 saturated heterocycles. The average molecular weight is 544 g/mol. The van der Waals surface area contributed by atoms with Crippen LogP contribution in [0, 0.1) is 0 Å². The third-order valence-corrected chi connectivity index (χ3v) is 7.38. The van der Waals surface area contributed by atoms with Crippen molar-refractivity contribution in [2.45, 2.75) is 63.1 Å². The summed E-state index contributed by atoms with van der Waals surface area (Å²) in [6.45, 7) is 4.70. The van der Waals surface area contributed by atoms with Crippen molar-refractivity contribution in [3.63, 3.8) is 0 Å². The van der Waals surface area contributed by atoms with Crippen molar-refractivity contribution in [2.24, 2.45) is 11.5 Å². The molecular weight excluding hydrogens is 510 g/mol. The summed E-state index contributed by atoms with van der Waals surface area (Å²) in [6.07, 6.45) is -0.739. The number of rotatable bonds is 9. The Morgan fingerprint density at radius 1 is 1.02 bits per heavy atom. The molecule has 40 heavy (non-hydrogen) atoms. The van der Waals surface area contributed by atoms with Crippen LogP contribution in [0.4, 0.5) is 5.82 Å². The first kappa shape index (κ1) is 26.3. The van der Waals surface area contributed by atoms with Gasteiger partial charge in [-0.2, -0.15) is 0 Å². The van der Waals surface area contributed by atoms with E-state index in [9.17, 15) is 4.79 Å². The van der Waals surface area contributed by atoms with Gasteiger partial charge in [-0.3, -0.25) is 4.79 Å². The number of fused-ring (bicyclic) bond motifs is 2. The fourth-order valence-electron chi connectivity index (χ4n) is 5.59. The van der Waals surface area contributed by atoms with Crippen LogP contribution in [0.1, 0.15) is 36.7 Å². The first-order valence-electron chi connectivity index (χ1n) is 13.4. The Balaban J connectivity index is 1.29. The molecule has 0 unspecified atom stereocenters. The number of carbonyl (C=O) groups excluding carboxylic acids is 1. The molecule has 4 aromatic rings. The normalized spacial score (nSPS) is 23.5. The minimum absolute atomic E-state index is 0.0910. The van der Waals surface area contributed by atoms with Gasteiger partial charge in [0.15, 0.2) is 23.4 Å². The Kier molecular flexibility index (Phi) is 6.97. The minimum atomic E-state index is -0.897. The fourth-order valence-corrected chi connectivity index (χ4v) is 5.59. The second-order valence-corrected chi connectivity index (χ2v) is 10.6. The largest absolute Gasteiger partial charge is 0.367 e. The predicted octanol–water partition coefficient (Wildman–Crippen LogP) is 2.30. The minimum Gasteiger partial charge on any atom is -0.367 e. The molecule has 1 amide bonds. The number of amides is 1. The maximum Gasteiger partial charge on any atom is 0.249 e. The zero-order valence-electron chi connectivity index (χ0n) is 22.4. The van der Waals surface area contributed by atoms with Gasteiger partial charge < -0.3 is 35.6 Å². The van der Waals surface area contributed by atoms with Gasteiger partial charge in [0, 0.05) is 12.5 Å². The highest BCUT2D eigenvalue weighted by molar-refractivity contribution is 5.83. The molecule has 2 aliphatic rings. The molecule has 2 aromatic carbocycles. The van der Waals surface area contributed by atoms with Crippen LogP contribution in [0.5, 0.6) is 0 Å². The van der Waals surface area contributed by atoms with Crippen molar-refractivity contribution >= 4 is 22.9 Å². The third kappa shape index (κ3) is 5.04. The van der Waals surface area contributed by atoms with Gasteiger partial charge >= 0.3 is 0 Å². The van der Waals surface area contributed by atoms with E-state index >= 15 is 0 Å². The van der Waals surface area contributed by atoms with Crippen molar-refractivity contribution in [2.75, 3.05) is 11.9 Å². The molecule has 5 N–H and O–H groups in total. The number of aromatic nitrogens is 4. The summed E-state index contributed by atoms with van der Waals surface area (Å²) in [5, 5.41) is 3.52. The summed E-state index contributed by atoms with van der Waals surface area (Å²) in [7, 11) is 0. The maximum absolute atomic E-state index is 12.1. The SMILES string of the molecule is CC1(C)O[C@H]2[C@H](O1)[C@@H](Cn1cnc3c(NCC(c4ccccc4)c4ccccc4)nc(CN)nc31)O[C@@H]2C(N)=O. The van der Waals surface area contributed by atoms with E-state index in [1.54, 1.807) is 6.33 Å². The summed E-state index contributed by atoms with van der Waals surface area (Å²) in [5.41, 5.74) is 15.2. The molecule has 6 rings (SSSR count). The second kappa shape index (κ2) is 10.6. The van der Waals surface area contributed by atoms with E-state index in [1.165, 1.54) is 11.1 Å². The first-order valence-corrected chi connectivity index (χ1v) is 13.4. The predicted molar refractivity (Wildman–Crippen MR) is 148 cm³/mol. The van der Waals surface area contributed by atoms with Crippen molar-refractivity contribution in [1.29, 1.82) is 0 Å². The number of primary amides is 1. The fraction of sp³-hybridized carbons (Fsp3) is 0.379. The van der Waals surface area contributed by atoms with Crippen LogP contribution in [0.2, 0.25) is 0 Å². The molecule has 208 valence electrons. The Bertz CT molecular complexity index is 1460. The molecule has 4 atom stereocenters. The lowest BCUT2D eigenvalue weighted by atomic mass is 9.91. The Labute approximate surface area is 231 Å². The van der Waals surface area contributed by atoms with Crippen LogP contribution in [-0.4, -0.2) is 62.2 Å². The van der Waals surface area contributed by atoms with Gasteiger partial charge in [-0.05, 0) is 25.0 Å². The van der Waals surface area contributed by atoms with Crippen LogP contribution in [0.15, 0.2) is 67.0 Å². The van der Waals surface area contributed by atoms with Gasteiger partial charge in [0.1, 0.15) is 29.7 Å². The maximum atomic E-state index is 12.1. The van der Waals surface area contributed by atoms with Gasteiger partial charge in [0.2, 0.25) is 5.91 Å². The lowest BCUT2D eigenvalue weighted by Crippen LogP contribution is -2.39. The number of nitrogens with zero attached hydrogens (tertiary/aromatic N) is 4. The standard InChI is InChI=1S/C29H33N7O4/c1-29(2)39-23-20(38-25(26(31)37)24(23)40-29)15-36-16-33-22-27(34-21(13-30)35-28(22)36)32-14-19(17-9-5-3-6-10-17)18-11-7-4-8-12-18/h3-12,16,19-20,23-25H,13-15,30H2,1-2H3,(H2,31,37)(H,32,34,35)/t20-,23-,24+,25+/m1/s1. The molecule has 2 fully saturated rings. The molecule has 0 bridgehead atoms. The molecule has 0 aliphatic carbocycles. The number of anilines is 1. The molecule has 11 nitrogen and oxygen atoms in total. The molecule has 0 spiro atoms. The highest BCUT2D eigenvalue weighted by Crippen LogP contribution is 2.39. The molecule has 2 aliphatic heterocycles. The summed E-state index contributed by atoms with van der Waals surface area (Å²) in [4.78, 5) is 26.1. The zero-order valence-corrected chi connectivity index (χ0v) is 22.4. The lowest BCUT2D eigenvalue weighted by Gasteiger charge is -2.23. The van der Waals surface area contributed by atoms with Gasteiger partial charge in [-0.15, -0.1) is 0 Å². The van der Waals surface area contributed by atoms with Crippen LogP contribution >= 0.6 is 0 Å². The second-order valence-electron chi connectivity index (χ2n) is 10.6. The van der Waals surface area contributed by atoms with Crippen molar-refractivity contribution in [3.05, 3.63) is 83.9 Å². The smallest absolute Gasteiger partial charge is 0.249 e. The summed E-state index contributed by atoms with van der Waals surface area (Å²) in [6, 6.07) is 20.7. The number of carbonyl (C=O) groups is 1. The van der Waals surface area contributed by atoms with E-state index < -0.39 is 36.1 Å². The molecule has 4 heterocycles. The van der Waals surface area contributed by atoms with Crippen molar-refractivity contribution in [3.8, 4) is 0 Å². The number of imidazole rings is 1. The Hall–Kier alpha value is -3.90. The quantitative estimate of drug-likeness (QED) is 0.289. The Morgan fingerprint density at radius 3 is 2.30 bits per heavy atom. The highest BCUT2D eigenvalue weighted by Gasteiger charge is 2.57. The average Bonchev–Trinajstić information content (AvgIpc) is 3.61. The van der Waals surface area contributed by atoms with Crippen LogP contribution in [0.3, 0.4) is 0 Å². The number of ether oxygens (including phenoxy) is 3. The van der Waals surface area contributed by atoms with Gasteiger partial charge in [-0.25, -0.2) is 15.0 Å². The summed E-state index contributed by atoms with van der Waals surface area (Å²) >= 11 is 0. The van der Waals surface area contributed by atoms with Crippen LogP contribution < -0.4 is 16.8 Å². The van der Waals surface area contributed by atoms with E-state index in [0.717, 1.165) is 0 Å². The van der Waals surface area contributed by atoms with E-state index in [2.05, 4.69) is 44.5 Å². The van der Waals surface area contributed by atoms with E-state index in [-0.39, 0.29) is 12.5 Å². The topological polar surface area (TPSA) is 152 Å². The van der Waals surface area contributed by atoms with E-state index in [1.807, 2.05) is 54.8 Å².